The topological polar surface area (TPSA) is 49.9 Å². The highest BCUT2D eigenvalue weighted by Crippen LogP contribution is 2.23. The normalized spacial score (nSPS) is 11.0. The number of halogens is 2. The first kappa shape index (κ1) is 14.5. The number of aromatic amines is 1. The minimum atomic E-state index is -2.82. The second-order valence-electron chi connectivity index (χ2n) is 4.36. The molecule has 0 aliphatic carbocycles. The first-order chi connectivity index (χ1) is 9.69. The Hall–Kier alpha value is -1.95. The fourth-order valence-electron chi connectivity index (χ4n) is 1.91. The Balaban J connectivity index is 2.07. The molecule has 1 heterocycles. The van der Waals surface area contributed by atoms with Gasteiger partial charge in [-0.25, -0.2) is 4.98 Å². The molecule has 0 amide bonds. The highest BCUT2D eigenvalue weighted by atomic mass is 19.3. The molecule has 1 aromatic heterocycles. The summed E-state index contributed by atoms with van der Waals surface area (Å²) in [7, 11) is 1.90. The number of benzene rings is 1. The molecule has 0 fully saturated rings. The molecule has 0 spiro atoms. The molecule has 108 valence electrons. The van der Waals surface area contributed by atoms with Crippen molar-refractivity contribution >= 4 is 0 Å². The van der Waals surface area contributed by atoms with Crippen LogP contribution in [0.5, 0.6) is 5.75 Å². The Morgan fingerprint density at radius 1 is 1.40 bits per heavy atom. The number of rotatable bonds is 7. The van der Waals surface area contributed by atoms with Gasteiger partial charge in [0.1, 0.15) is 11.6 Å². The summed E-state index contributed by atoms with van der Waals surface area (Å²) in [6.45, 7) is -1.89. The van der Waals surface area contributed by atoms with Crippen molar-refractivity contribution in [3.63, 3.8) is 0 Å². The summed E-state index contributed by atoms with van der Waals surface area (Å²) in [4.78, 5) is 7.47. The molecule has 0 aliphatic rings. The lowest BCUT2D eigenvalue weighted by molar-refractivity contribution is -0.0498. The van der Waals surface area contributed by atoms with Gasteiger partial charge >= 0.3 is 6.61 Å². The molecule has 6 heteroatoms. The van der Waals surface area contributed by atoms with Gasteiger partial charge in [0.05, 0.1) is 11.9 Å². The number of alkyl halides is 2. The van der Waals surface area contributed by atoms with Crippen LogP contribution in [0.25, 0.3) is 11.3 Å². The summed E-state index contributed by atoms with van der Waals surface area (Å²) in [5.41, 5.74) is 1.57. The van der Waals surface area contributed by atoms with Gasteiger partial charge in [-0.2, -0.15) is 8.78 Å². The zero-order chi connectivity index (χ0) is 14.4. The molecule has 0 unspecified atom stereocenters. The number of imidazole rings is 1. The predicted molar refractivity (Wildman–Crippen MR) is 72.9 cm³/mol. The molecule has 2 rings (SSSR count). The van der Waals surface area contributed by atoms with Gasteiger partial charge in [-0.05, 0) is 32.1 Å². The lowest BCUT2D eigenvalue weighted by Crippen LogP contribution is -2.08. The van der Waals surface area contributed by atoms with E-state index >= 15 is 0 Å². The van der Waals surface area contributed by atoms with Gasteiger partial charge in [0.2, 0.25) is 0 Å². The second kappa shape index (κ2) is 7.00. The molecular formula is C14H17F2N3O. The van der Waals surface area contributed by atoms with Gasteiger partial charge in [-0.3, -0.25) is 0 Å². The van der Waals surface area contributed by atoms with Crippen molar-refractivity contribution in [2.75, 3.05) is 13.6 Å². The number of aryl methyl sites for hydroxylation is 1. The fraction of sp³-hybridized carbons (Fsp3) is 0.357. The van der Waals surface area contributed by atoms with E-state index in [1.807, 2.05) is 13.1 Å². The van der Waals surface area contributed by atoms with Crippen LogP contribution in [0.3, 0.4) is 0 Å². The van der Waals surface area contributed by atoms with Crippen LogP contribution in [-0.4, -0.2) is 30.2 Å². The van der Waals surface area contributed by atoms with Crippen LogP contribution in [0.2, 0.25) is 0 Å². The highest BCUT2D eigenvalue weighted by Gasteiger charge is 2.07. The first-order valence-electron chi connectivity index (χ1n) is 6.43. The maximum Gasteiger partial charge on any atom is 0.387 e. The standard InChI is InChI=1S/C14H17F2N3O/c1-17-7-3-6-13-18-9-12(19-13)10-4-2-5-11(8-10)20-14(15)16/h2,4-5,8-9,14,17H,3,6-7H2,1H3,(H,18,19). The van der Waals surface area contributed by atoms with Crippen LogP contribution in [0.4, 0.5) is 8.78 Å². The Bertz CT molecular complexity index is 543. The van der Waals surface area contributed by atoms with Gasteiger partial charge in [0.25, 0.3) is 0 Å². The van der Waals surface area contributed by atoms with Gasteiger partial charge < -0.3 is 15.0 Å². The van der Waals surface area contributed by atoms with Crippen molar-refractivity contribution in [3.05, 3.63) is 36.3 Å². The first-order valence-corrected chi connectivity index (χ1v) is 6.43. The maximum absolute atomic E-state index is 12.2. The average Bonchev–Trinajstić information content (AvgIpc) is 2.87. The summed E-state index contributed by atoms with van der Waals surface area (Å²) >= 11 is 0. The molecule has 1 aromatic carbocycles. The largest absolute Gasteiger partial charge is 0.435 e. The van der Waals surface area contributed by atoms with Crippen LogP contribution in [0, 0.1) is 0 Å². The maximum atomic E-state index is 12.2. The molecule has 0 atom stereocenters. The van der Waals surface area contributed by atoms with E-state index in [-0.39, 0.29) is 5.75 Å². The molecule has 0 aliphatic heterocycles. The van der Waals surface area contributed by atoms with Gasteiger partial charge in [-0.15, -0.1) is 0 Å². The van der Waals surface area contributed by atoms with E-state index in [1.165, 1.54) is 6.07 Å². The molecule has 0 saturated carbocycles. The summed E-state index contributed by atoms with van der Waals surface area (Å²) in [5, 5.41) is 3.07. The third-order valence-corrected chi connectivity index (χ3v) is 2.84. The van der Waals surface area contributed by atoms with Gasteiger partial charge in [-0.1, -0.05) is 12.1 Å². The number of H-pyrrole nitrogens is 1. The quantitative estimate of drug-likeness (QED) is 0.767. The monoisotopic (exact) mass is 281 g/mol. The third-order valence-electron chi connectivity index (χ3n) is 2.84. The molecule has 2 N–H and O–H groups in total. The molecule has 2 aromatic rings. The number of nitrogens with one attached hydrogen (secondary N) is 2. The number of nitrogens with zero attached hydrogens (tertiary/aromatic N) is 1. The van der Waals surface area contributed by atoms with Crippen LogP contribution in [0.1, 0.15) is 12.2 Å². The lowest BCUT2D eigenvalue weighted by atomic mass is 10.1. The molecule has 0 bridgehead atoms. The van der Waals surface area contributed by atoms with Crippen LogP contribution >= 0.6 is 0 Å². The van der Waals surface area contributed by atoms with E-state index in [2.05, 4.69) is 20.0 Å². The average molecular weight is 281 g/mol. The van der Waals surface area contributed by atoms with Crippen molar-refractivity contribution in [1.29, 1.82) is 0 Å². The Kier molecular flexibility index (Phi) is 5.06. The molecule has 20 heavy (non-hydrogen) atoms. The second-order valence-corrected chi connectivity index (χ2v) is 4.36. The highest BCUT2D eigenvalue weighted by molar-refractivity contribution is 5.60. The molecule has 4 nitrogen and oxygen atoms in total. The summed E-state index contributed by atoms with van der Waals surface area (Å²) in [6.07, 6.45) is 3.53. The zero-order valence-corrected chi connectivity index (χ0v) is 11.2. The van der Waals surface area contributed by atoms with Crippen LogP contribution in [0.15, 0.2) is 30.5 Å². The predicted octanol–water partition coefficient (Wildman–Crippen LogP) is 2.83. The smallest absolute Gasteiger partial charge is 0.387 e. The summed E-state index contributed by atoms with van der Waals surface area (Å²) in [5.74, 6) is 1.03. The zero-order valence-electron chi connectivity index (χ0n) is 11.2. The lowest BCUT2D eigenvalue weighted by Gasteiger charge is -2.05. The van der Waals surface area contributed by atoms with Crippen molar-refractivity contribution in [2.45, 2.75) is 19.5 Å². The molecule has 0 saturated heterocycles. The van der Waals surface area contributed by atoms with Crippen molar-refractivity contribution in [1.82, 2.24) is 15.3 Å². The van der Waals surface area contributed by atoms with Gasteiger partial charge in [0, 0.05) is 12.0 Å². The minimum absolute atomic E-state index is 0.142. The number of hydrogen-bond donors (Lipinski definition) is 2. The van der Waals surface area contributed by atoms with Crippen LogP contribution in [-0.2, 0) is 6.42 Å². The van der Waals surface area contributed by atoms with E-state index in [0.717, 1.165) is 36.5 Å². The van der Waals surface area contributed by atoms with Crippen molar-refractivity contribution < 1.29 is 13.5 Å². The molecular weight excluding hydrogens is 264 g/mol. The third kappa shape index (κ3) is 4.03. The summed E-state index contributed by atoms with van der Waals surface area (Å²) in [6, 6.07) is 6.56. The Morgan fingerprint density at radius 2 is 2.25 bits per heavy atom. The van der Waals surface area contributed by atoms with Gasteiger partial charge in [0.15, 0.2) is 0 Å². The van der Waals surface area contributed by atoms with E-state index in [1.54, 1.807) is 18.3 Å². The number of aromatic nitrogens is 2. The Morgan fingerprint density at radius 3 is 3.00 bits per heavy atom. The van der Waals surface area contributed by atoms with Crippen molar-refractivity contribution in [2.24, 2.45) is 0 Å². The summed E-state index contributed by atoms with van der Waals surface area (Å²) < 4.78 is 28.8. The minimum Gasteiger partial charge on any atom is -0.435 e. The number of ether oxygens (including phenoxy) is 1. The van der Waals surface area contributed by atoms with E-state index in [4.69, 9.17) is 0 Å². The molecule has 0 radical (unpaired) electrons. The Labute approximate surface area is 116 Å². The number of hydrogen-bond acceptors (Lipinski definition) is 3. The fourth-order valence-corrected chi connectivity index (χ4v) is 1.91. The SMILES string of the molecule is CNCCCc1ncc(-c2cccc(OC(F)F)c2)[nH]1. The van der Waals surface area contributed by atoms with E-state index < -0.39 is 6.61 Å². The van der Waals surface area contributed by atoms with E-state index in [9.17, 15) is 8.78 Å². The van der Waals surface area contributed by atoms with Crippen LogP contribution < -0.4 is 10.1 Å². The van der Waals surface area contributed by atoms with Crippen molar-refractivity contribution in [3.8, 4) is 17.0 Å². The van der Waals surface area contributed by atoms with E-state index in [0.29, 0.717) is 0 Å².